The molecule has 0 aromatic heterocycles. The summed E-state index contributed by atoms with van der Waals surface area (Å²) in [5.41, 5.74) is 5.49. The number of fused-ring (bicyclic) bond motifs is 1. The molecule has 5 heteroatoms. The normalized spacial score (nSPS) is 19.1. The molecule has 110 valence electrons. The Hall–Kier alpha value is -1.27. The summed E-state index contributed by atoms with van der Waals surface area (Å²) < 4.78 is 20.9. The lowest BCUT2D eigenvalue weighted by Gasteiger charge is -2.32. The van der Waals surface area contributed by atoms with E-state index in [1.165, 1.54) is 11.6 Å². The molecule has 0 radical (unpaired) electrons. The number of benzene rings is 2. The van der Waals surface area contributed by atoms with Crippen molar-refractivity contribution in [1.82, 2.24) is 5.43 Å². The van der Waals surface area contributed by atoms with Gasteiger partial charge >= 0.3 is 0 Å². The fourth-order valence-electron chi connectivity index (χ4n) is 2.79. The van der Waals surface area contributed by atoms with Crippen LogP contribution in [-0.2, 0) is 11.2 Å². The first-order chi connectivity index (χ1) is 10.2. The van der Waals surface area contributed by atoms with Crippen molar-refractivity contribution in [1.29, 1.82) is 0 Å². The van der Waals surface area contributed by atoms with Crippen molar-refractivity contribution in [2.75, 3.05) is 6.61 Å². The monoisotopic (exact) mass is 350 g/mol. The maximum absolute atomic E-state index is 14.2. The largest absolute Gasteiger partial charge is 0.371 e. The Morgan fingerprint density at radius 2 is 2.10 bits per heavy atom. The fraction of sp³-hybridized carbons (Fsp3) is 0.250. The van der Waals surface area contributed by atoms with Crippen LogP contribution in [0.3, 0.4) is 0 Å². The number of halogens is 2. The average Bonchev–Trinajstić information content (AvgIpc) is 2.51. The van der Waals surface area contributed by atoms with E-state index < -0.39 is 6.04 Å². The van der Waals surface area contributed by atoms with Crippen LogP contribution in [0.4, 0.5) is 4.39 Å². The van der Waals surface area contributed by atoms with Crippen LogP contribution >= 0.6 is 15.9 Å². The number of ether oxygens (including phenoxy) is 1. The van der Waals surface area contributed by atoms with Crippen molar-refractivity contribution >= 4 is 15.9 Å². The molecule has 0 spiro atoms. The van der Waals surface area contributed by atoms with Gasteiger partial charge in [-0.1, -0.05) is 40.2 Å². The van der Waals surface area contributed by atoms with Gasteiger partial charge in [-0.2, -0.15) is 0 Å². The summed E-state index contributed by atoms with van der Waals surface area (Å²) in [5.74, 6) is 5.40. The van der Waals surface area contributed by atoms with Crippen molar-refractivity contribution in [2.24, 2.45) is 5.84 Å². The molecule has 0 amide bonds. The molecule has 1 aliphatic heterocycles. The van der Waals surface area contributed by atoms with Gasteiger partial charge in [-0.25, -0.2) is 9.82 Å². The van der Waals surface area contributed by atoms with Gasteiger partial charge in [-0.05, 0) is 35.7 Å². The zero-order chi connectivity index (χ0) is 14.8. The zero-order valence-electron chi connectivity index (χ0n) is 11.4. The molecule has 0 saturated carbocycles. The van der Waals surface area contributed by atoms with Crippen molar-refractivity contribution in [3.63, 3.8) is 0 Å². The molecule has 2 aromatic rings. The van der Waals surface area contributed by atoms with Gasteiger partial charge in [0.25, 0.3) is 0 Å². The Labute approximate surface area is 131 Å². The van der Waals surface area contributed by atoms with E-state index in [0.29, 0.717) is 12.2 Å². The Morgan fingerprint density at radius 1 is 1.29 bits per heavy atom. The molecule has 0 bridgehead atoms. The van der Waals surface area contributed by atoms with E-state index in [1.54, 1.807) is 12.1 Å². The maximum atomic E-state index is 14.2. The summed E-state index contributed by atoms with van der Waals surface area (Å²) in [5, 5.41) is 0. The van der Waals surface area contributed by atoms with E-state index in [0.717, 1.165) is 16.5 Å². The molecular formula is C16H16BrFN2O. The second-order valence-corrected chi connectivity index (χ2v) is 5.97. The first-order valence-corrected chi connectivity index (χ1v) is 7.60. The quantitative estimate of drug-likeness (QED) is 0.658. The minimum absolute atomic E-state index is 0.298. The first-order valence-electron chi connectivity index (χ1n) is 6.81. The minimum atomic E-state index is -0.441. The lowest BCUT2D eigenvalue weighted by Crippen LogP contribution is -2.36. The van der Waals surface area contributed by atoms with Gasteiger partial charge < -0.3 is 4.74 Å². The predicted octanol–water partition coefficient (Wildman–Crippen LogP) is 3.41. The van der Waals surface area contributed by atoms with Gasteiger partial charge in [0.15, 0.2) is 0 Å². The van der Waals surface area contributed by atoms with Crippen molar-refractivity contribution in [3.05, 3.63) is 69.4 Å². The molecule has 1 heterocycles. The number of hydrogen-bond donors (Lipinski definition) is 2. The molecule has 1 aliphatic rings. The minimum Gasteiger partial charge on any atom is -0.371 e. The standard InChI is InChI=1S/C16H16BrFN2O/c17-11-5-6-14(18)13(9-11)15(20-19)16-12-4-2-1-3-10(12)7-8-21-16/h1-6,9,15-16,20H,7-8,19H2. The molecule has 0 fully saturated rings. The molecule has 2 atom stereocenters. The summed E-state index contributed by atoms with van der Waals surface area (Å²) >= 11 is 3.37. The summed E-state index contributed by atoms with van der Waals surface area (Å²) in [6.45, 7) is 0.607. The second kappa shape index (κ2) is 6.23. The highest BCUT2D eigenvalue weighted by Crippen LogP contribution is 2.38. The molecule has 0 saturated heterocycles. The SMILES string of the molecule is NNC(c1cc(Br)ccc1F)C1OCCc2ccccc21. The lowest BCUT2D eigenvalue weighted by atomic mass is 9.90. The molecule has 2 unspecified atom stereocenters. The van der Waals surface area contributed by atoms with Gasteiger partial charge in [0.05, 0.1) is 12.6 Å². The van der Waals surface area contributed by atoms with Gasteiger partial charge in [0, 0.05) is 10.0 Å². The van der Waals surface area contributed by atoms with E-state index in [1.807, 2.05) is 18.2 Å². The third-order valence-corrected chi connectivity index (χ3v) is 4.30. The lowest BCUT2D eigenvalue weighted by molar-refractivity contribution is 0.0139. The molecule has 3 N–H and O–H groups in total. The van der Waals surface area contributed by atoms with Crippen LogP contribution in [0.15, 0.2) is 46.9 Å². The number of hydrazine groups is 1. The van der Waals surface area contributed by atoms with Crippen molar-refractivity contribution in [3.8, 4) is 0 Å². The highest BCUT2D eigenvalue weighted by Gasteiger charge is 2.31. The Kier molecular flexibility index (Phi) is 4.35. The Morgan fingerprint density at radius 3 is 2.90 bits per heavy atom. The third kappa shape index (κ3) is 2.87. The van der Waals surface area contributed by atoms with Crippen LogP contribution in [0.25, 0.3) is 0 Å². The van der Waals surface area contributed by atoms with Crippen LogP contribution in [0.2, 0.25) is 0 Å². The Balaban J connectivity index is 2.03. The highest BCUT2D eigenvalue weighted by molar-refractivity contribution is 9.10. The van der Waals surface area contributed by atoms with Gasteiger partial charge in [0.2, 0.25) is 0 Å². The molecule has 3 nitrogen and oxygen atoms in total. The summed E-state index contributed by atoms with van der Waals surface area (Å²) in [4.78, 5) is 0. The van der Waals surface area contributed by atoms with Gasteiger partial charge in [0.1, 0.15) is 11.9 Å². The smallest absolute Gasteiger partial charge is 0.128 e. The highest BCUT2D eigenvalue weighted by atomic mass is 79.9. The summed E-state index contributed by atoms with van der Waals surface area (Å²) in [6.07, 6.45) is 0.564. The number of rotatable bonds is 3. The molecule has 0 aliphatic carbocycles. The topological polar surface area (TPSA) is 47.3 Å². The molecular weight excluding hydrogens is 335 g/mol. The summed E-state index contributed by atoms with van der Waals surface area (Å²) in [6, 6.07) is 12.5. The maximum Gasteiger partial charge on any atom is 0.128 e. The second-order valence-electron chi connectivity index (χ2n) is 5.05. The van der Waals surface area contributed by atoms with E-state index in [4.69, 9.17) is 10.6 Å². The number of nitrogens with one attached hydrogen (secondary N) is 1. The molecule has 3 rings (SSSR count). The van der Waals surface area contributed by atoms with Crippen LogP contribution in [0, 0.1) is 5.82 Å². The summed E-state index contributed by atoms with van der Waals surface area (Å²) in [7, 11) is 0. The van der Waals surface area contributed by atoms with Crippen molar-refractivity contribution in [2.45, 2.75) is 18.6 Å². The van der Waals surface area contributed by atoms with Crippen LogP contribution in [0.5, 0.6) is 0 Å². The van der Waals surface area contributed by atoms with E-state index in [2.05, 4.69) is 27.4 Å². The van der Waals surface area contributed by atoms with Gasteiger partial charge in [-0.15, -0.1) is 0 Å². The van der Waals surface area contributed by atoms with E-state index >= 15 is 0 Å². The molecule has 2 aromatic carbocycles. The number of nitrogens with two attached hydrogens (primary N) is 1. The average molecular weight is 351 g/mol. The van der Waals surface area contributed by atoms with Crippen LogP contribution in [-0.4, -0.2) is 6.61 Å². The molecule has 21 heavy (non-hydrogen) atoms. The Bertz CT molecular complexity index is 650. The van der Waals surface area contributed by atoms with Gasteiger partial charge in [-0.3, -0.25) is 5.84 Å². The predicted molar refractivity (Wildman–Crippen MR) is 83.0 cm³/mol. The fourth-order valence-corrected chi connectivity index (χ4v) is 3.17. The van der Waals surface area contributed by atoms with Crippen LogP contribution in [0.1, 0.15) is 28.8 Å². The first kappa shape index (κ1) is 14.7. The van der Waals surface area contributed by atoms with E-state index in [-0.39, 0.29) is 11.9 Å². The number of hydrogen-bond acceptors (Lipinski definition) is 3. The van der Waals surface area contributed by atoms with Crippen molar-refractivity contribution < 1.29 is 9.13 Å². The zero-order valence-corrected chi connectivity index (χ0v) is 12.9. The third-order valence-electron chi connectivity index (χ3n) is 3.81. The van der Waals surface area contributed by atoms with Crippen LogP contribution < -0.4 is 11.3 Å². The van der Waals surface area contributed by atoms with E-state index in [9.17, 15) is 4.39 Å².